The minimum atomic E-state index is -4.65. The second kappa shape index (κ2) is 6.18. The lowest BCUT2D eigenvalue weighted by atomic mass is 9.98. The fraction of sp³-hybridized carbons (Fsp3) is 0.400. The predicted octanol–water partition coefficient (Wildman–Crippen LogP) is 2.65. The van der Waals surface area contributed by atoms with Crippen LogP contribution in [0, 0.1) is 5.82 Å². The molecule has 3 N–H and O–H groups in total. The molecule has 0 spiro atoms. The first-order valence-electron chi connectivity index (χ1n) is 4.60. The summed E-state index contributed by atoms with van der Waals surface area (Å²) in [7, 11) is 0. The Morgan fingerprint density at radius 3 is 2.35 bits per heavy atom. The van der Waals surface area contributed by atoms with Gasteiger partial charge in [0.2, 0.25) is 0 Å². The van der Waals surface area contributed by atoms with Gasteiger partial charge in [-0.2, -0.15) is 13.2 Å². The number of halogens is 5. The molecule has 98 valence electrons. The number of hydrogen-bond acceptors (Lipinski definition) is 2. The van der Waals surface area contributed by atoms with Gasteiger partial charge in [-0.1, -0.05) is 6.07 Å². The van der Waals surface area contributed by atoms with Crippen LogP contribution in [0.4, 0.5) is 17.6 Å². The molecule has 1 aromatic carbocycles. The Hall–Kier alpha value is -0.850. The van der Waals surface area contributed by atoms with Crippen LogP contribution in [0.25, 0.3) is 0 Å². The Labute approximate surface area is 102 Å². The van der Waals surface area contributed by atoms with E-state index in [1.165, 1.54) is 0 Å². The lowest BCUT2D eigenvalue weighted by Gasteiger charge is -2.18. The van der Waals surface area contributed by atoms with E-state index in [0.717, 1.165) is 18.2 Å². The van der Waals surface area contributed by atoms with Crippen molar-refractivity contribution in [1.82, 2.24) is 0 Å². The Morgan fingerprint density at radius 1 is 1.29 bits per heavy atom. The van der Waals surface area contributed by atoms with Crippen LogP contribution in [0.3, 0.4) is 0 Å². The molecule has 0 bridgehead atoms. The summed E-state index contributed by atoms with van der Waals surface area (Å²) in [6.45, 7) is -0.396. The third-order valence-electron chi connectivity index (χ3n) is 2.17. The summed E-state index contributed by atoms with van der Waals surface area (Å²) in [6.07, 6.45) is -4.77. The number of rotatable bonds is 3. The first-order valence-corrected chi connectivity index (χ1v) is 4.60. The highest BCUT2D eigenvalue weighted by Gasteiger charge is 2.35. The molecule has 0 unspecified atom stereocenters. The van der Waals surface area contributed by atoms with Crippen molar-refractivity contribution < 1.29 is 22.7 Å². The van der Waals surface area contributed by atoms with Gasteiger partial charge in [-0.05, 0) is 18.6 Å². The van der Waals surface area contributed by atoms with E-state index < -0.39 is 35.8 Å². The van der Waals surface area contributed by atoms with Crippen LogP contribution < -0.4 is 5.73 Å². The lowest BCUT2D eigenvalue weighted by Crippen LogP contribution is -2.20. The Kier molecular flexibility index (Phi) is 5.87. The summed E-state index contributed by atoms with van der Waals surface area (Å²) in [5, 5.41) is 8.60. The van der Waals surface area contributed by atoms with Crippen molar-refractivity contribution in [3.05, 3.63) is 35.1 Å². The maximum absolute atomic E-state index is 13.3. The van der Waals surface area contributed by atoms with Gasteiger partial charge in [0.25, 0.3) is 0 Å². The Morgan fingerprint density at radius 2 is 1.88 bits per heavy atom. The van der Waals surface area contributed by atoms with E-state index in [1.54, 1.807) is 0 Å². The number of nitrogens with two attached hydrogens (primary N) is 1. The van der Waals surface area contributed by atoms with E-state index in [1.807, 2.05) is 0 Å². The maximum atomic E-state index is 13.3. The smallest absolute Gasteiger partial charge is 0.396 e. The summed E-state index contributed by atoms with van der Waals surface area (Å²) in [4.78, 5) is 0. The van der Waals surface area contributed by atoms with Crippen LogP contribution in [0.5, 0.6) is 0 Å². The number of aliphatic hydroxyl groups excluding tert-OH is 1. The van der Waals surface area contributed by atoms with E-state index in [-0.39, 0.29) is 18.8 Å². The molecule has 0 aliphatic carbocycles. The first kappa shape index (κ1) is 16.1. The van der Waals surface area contributed by atoms with Gasteiger partial charge in [-0.25, -0.2) is 4.39 Å². The van der Waals surface area contributed by atoms with Crippen molar-refractivity contribution in [1.29, 1.82) is 0 Å². The predicted molar refractivity (Wildman–Crippen MR) is 57.3 cm³/mol. The quantitative estimate of drug-likeness (QED) is 0.832. The highest BCUT2D eigenvalue weighted by molar-refractivity contribution is 5.85. The van der Waals surface area contributed by atoms with Gasteiger partial charge < -0.3 is 10.8 Å². The van der Waals surface area contributed by atoms with Crippen LogP contribution in [0.15, 0.2) is 18.2 Å². The highest BCUT2D eigenvalue weighted by atomic mass is 35.5. The van der Waals surface area contributed by atoms with Crippen molar-refractivity contribution in [3.63, 3.8) is 0 Å². The Balaban J connectivity index is 0.00000256. The zero-order chi connectivity index (χ0) is 12.3. The van der Waals surface area contributed by atoms with Crippen molar-refractivity contribution in [3.8, 4) is 0 Å². The molecule has 17 heavy (non-hydrogen) atoms. The fourth-order valence-corrected chi connectivity index (χ4v) is 1.44. The summed E-state index contributed by atoms with van der Waals surface area (Å²) in [6, 6.07) is 1.51. The minimum absolute atomic E-state index is 0. The van der Waals surface area contributed by atoms with Gasteiger partial charge >= 0.3 is 6.18 Å². The molecule has 0 saturated heterocycles. The molecule has 1 rings (SSSR count). The van der Waals surface area contributed by atoms with E-state index >= 15 is 0 Å². The standard InChI is InChI=1S/C10H11F4NO.ClH/c11-7-3-1-2-6(10(12,13)14)9(7)8(15)4-5-16;/h1-3,8,16H,4-5,15H2;1H/t8-;/m0./s1. The number of benzene rings is 1. The fourth-order valence-electron chi connectivity index (χ4n) is 1.44. The van der Waals surface area contributed by atoms with Crippen LogP contribution in [0.1, 0.15) is 23.6 Å². The third-order valence-corrected chi connectivity index (χ3v) is 2.17. The van der Waals surface area contributed by atoms with Gasteiger partial charge in [0, 0.05) is 18.2 Å². The van der Waals surface area contributed by atoms with Gasteiger partial charge in [0.15, 0.2) is 0 Å². The second-order valence-corrected chi connectivity index (χ2v) is 3.32. The second-order valence-electron chi connectivity index (χ2n) is 3.32. The molecule has 0 aliphatic rings. The number of alkyl halides is 3. The Bertz CT molecular complexity index is 370. The van der Waals surface area contributed by atoms with Crippen molar-refractivity contribution in [2.45, 2.75) is 18.6 Å². The highest BCUT2D eigenvalue weighted by Crippen LogP contribution is 2.35. The topological polar surface area (TPSA) is 46.2 Å². The molecule has 0 fully saturated rings. The normalized spacial score (nSPS) is 13.1. The van der Waals surface area contributed by atoms with Crippen molar-refractivity contribution >= 4 is 12.4 Å². The molecular weight excluding hydrogens is 262 g/mol. The summed E-state index contributed by atoms with van der Waals surface area (Å²) in [5.41, 5.74) is 3.72. The van der Waals surface area contributed by atoms with Crippen LogP contribution in [-0.4, -0.2) is 11.7 Å². The molecule has 0 radical (unpaired) electrons. The van der Waals surface area contributed by atoms with Crippen LogP contribution in [0.2, 0.25) is 0 Å². The lowest BCUT2D eigenvalue weighted by molar-refractivity contribution is -0.138. The minimum Gasteiger partial charge on any atom is -0.396 e. The average Bonchev–Trinajstić information content (AvgIpc) is 2.16. The van der Waals surface area contributed by atoms with Gasteiger partial charge in [-0.3, -0.25) is 0 Å². The van der Waals surface area contributed by atoms with Gasteiger partial charge in [-0.15, -0.1) is 12.4 Å². The summed E-state index contributed by atoms with van der Waals surface area (Å²) < 4.78 is 50.9. The average molecular weight is 274 g/mol. The zero-order valence-corrected chi connectivity index (χ0v) is 9.48. The number of hydrogen-bond donors (Lipinski definition) is 2. The monoisotopic (exact) mass is 273 g/mol. The maximum Gasteiger partial charge on any atom is 0.416 e. The molecule has 2 nitrogen and oxygen atoms in total. The molecular formula is C10H12ClF4NO. The molecule has 0 heterocycles. The van der Waals surface area contributed by atoms with Crippen molar-refractivity contribution in [2.24, 2.45) is 5.73 Å². The van der Waals surface area contributed by atoms with Gasteiger partial charge in [0.1, 0.15) is 5.82 Å². The van der Waals surface area contributed by atoms with E-state index in [4.69, 9.17) is 10.8 Å². The van der Waals surface area contributed by atoms with Gasteiger partial charge in [0.05, 0.1) is 5.56 Å². The molecule has 7 heteroatoms. The third kappa shape index (κ3) is 3.83. The molecule has 1 atom stereocenters. The van der Waals surface area contributed by atoms with Crippen LogP contribution >= 0.6 is 12.4 Å². The van der Waals surface area contributed by atoms with E-state index in [9.17, 15) is 17.6 Å². The molecule has 0 aromatic heterocycles. The molecule has 0 saturated carbocycles. The molecule has 1 aromatic rings. The van der Waals surface area contributed by atoms with E-state index in [2.05, 4.69) is 0 Å². The van der Waals surface area contributed by atoms with Crippen molar-refractivity contribution in [2.75, 3.05) is 6.61 Å². The SMILES string of the molecule is Cl.N[C@@H](CCO)c1c(F)cccc1C(F)(F)F. The largest absolute Gasteiger partial charge is 0.416 e. The number of aliphatic hydroxyl groups is 1. The first-order chi connectivity index (χ1) is 7.38. The molecule has 0 aliphatic heterocycles. The van der Waals surface area contributed by atoms with Crippen LogP contribution in [-0.2, 0) is 6.18 Å². The molecule has 0 amide bonds. The summed E-state index contributed by atoms with van der Waals surface area (Å²) in [5.74, 6) is -1.00. The summed E-state index contributed by atoms with van der Waals surface area (Å²) >= 11 is 0. The zero-order valence-electron chi connectivity index (χ0n) is 8.67. The van der Waals surface area contributed by atoms with E-state index in [0.29, 0.717) is 0 Å².